The van der Waals surface area contributed by atoms with Crippen molar-refractivity contribution in [1.82, 2.24) is 19.9 Å². The van der Waals surface area contributed by atoms with Crippen LogP contribution in [0.1, 0.15) is 10.4 Å². The van der Waals surface area contributed by atoms with Crippen LogP contribution in [0.25, 0.3) is 27.9 Å². The summed E-state index contributed by atoms with van der Waals surface area (Å²) in [5.74, 6) is 1.13. The fourth-order valence-corrected chi connectivity index (χ4v) is 4.45. The lowest BCUT2D eigenvalue weighted by Crippen LogP contribution is -3.14. The van der Waals surface area contributed by atoms with E-state index >= 15 is 0 Å². The van der Waals surface area contributed by atoms with Gasteiger partial charge < -0.3 is 30.2 Å². The lowest BCUT2D eigenvalue weighted by molar-refractivity contribution is -0.906. The summed E-state index contributed by atoms with van der Waals surface area (Å²) in [6, 6.07) is 12.9. The number of carbonyl (C=O) groups excluding carboxylic acids is 1. The van der Waals surface area contributed by atoms with Gasteiger partial charge >= 0.3 is 0 Å². The molecule has 0 saturated carbocycles. The highest BCUT2D eigenvalue weighted by molar-refractivity contribution is 6.11. The molecule has 0 atom stereocenters. The van der Waals surface area contributed by atoms with Crippen molar-refractivity contribution in [2.24, 2.45) is 0 Å². The number of carbonyl (C=O) groups is 1. The number of para-hydroxylation sites is 2. The van der Waals surface area contributed by atoms with Crippen molar-refractivity contribution < 1.29 is 23.9 Å². The van der Waals surface area contributed by atoms with E-state index in [-0.39, 0.29) is 11.7 Å². The first kappa shape index (κ1) is 22.9. The topological polar surface area (TPSA) is 118 Å². The van der Waals surface area contributed by atoms with Gasteiger partial charge in [0.05, 0.1) is 57.2 Å². The summed E-state index contributed by atoms with van der Waals surface area (Å²) in [6.45, 7) is 4.69. The van der Waals surface area contributed by atoms with Crippen LogP contribution in [0.2, 0.25) is 0 Å². The molecule has 4 N–H and O–H groups in total. The molecule has 10 heteroatoms. The normalized spacial score (nSPS) is 14.3. The second kappa shape index (κ2) is 9.77. The molecule has 0 spiro atoms. The molecule has 0 bridgehead atoms. The Kier molecular flexibility index (Phi) is 6.39. The molecule has 1 aliphatic rings. The van der Waals surface area contributed by atoms with E-state index in [0.717, 1.165) is 32.8 Å². The first-order valence-corrected chi connectivity index (χ1v) is 11.6. The van der Waals surface area contributed by atoms with Crippen molar-refractivity contribution in [2.75, 3.05) is 59.3 Å². The highest BCUT2D eigenvalue weighted by Crippen LogP contribution is 2.36. The number of nitrogen functional groups attached to an aromatic ring is 1. The van der Waals surface area contributed by atoms with Gasteiger partial charge in [-0.1, -0.05) is 12.1 Å². The zero-order chi connectivity index (χ0) is 24.4. The molecule has 1 aliphatic heterocycles. The van der Waals surface area contributed by atoms with E-state index < -0.39 is 0 Å². The molecule has 2 aromatic carbocycles. The minimum absolute atomic E-state index is 0.234. The number of hydrogen-bond acceptors (Lipinski definition) is 7. The fourth-order valence-electron chi connectivity index (χ4n) is 4.45. The molecule has 3 heterocycles. The first-order chi connectivity index (χ1) is 17.1. The Morgan fingerprint density at radius 3 is 2.57 bits per heavy atom. The highest BCUT2D eigenvalue weighted by Gasteiger charge is 2.26. The van der Waals surface area contributed by atoms with E-state index in [2.05, 4.69) is 5.32 Å². The van der Waals surface area contributed by atoms with E-state index in [1.54, 1.807) is 37.0 Å². The number of anilines is 1. The lowest BCUT2D eigenvalue weighted by Gasteiger charge is -2.23. The van der Waals surface area contributed by atoms with E-state index in [9.17, 15) is 4.79 Å². The van der Waals surface area contributed by atoms with Gasteiger partial charge in [-0.3, -0.25) is 9.36 Å². The Morgan fingerprint density at radius 1 is 1.11 bits per heavy atom. The predicted molar refractivity (Wildman–Crippen MR) is 133 cm³/mol. The monoisotopic (exact) mass is 477 g/mol. The van der Waals surface area contributed by atoms with Crippen LogP contribution in [0.3, 0.4) is 0 Å². The van der Waals surface area contributed by atoms with Crippen molar-refractivity contribution in [3.8, 4) is 17.2 Å². The predicted octanol–water partition coefficient (Wildman–Crippen LogP) is 0.818. The van der Waals surface area contributed by atoms with Gasteiger partial charge in [-0.05, 0) is 24.3 Å². The van der Waals surface area contributed by atoms with Crippen LogP contribution in [0.5, 0.6) is 11.5 Å². The summed E-state index contributed by atoms with van der Waals surface area (Å²) in [7, 11) is 3.17. The second-order valence-electron chi connectivity index (χ2n) is 8.39. The van der Waals surface area contributed by atoms with Crippen LogP contribution in [0.4, 0.5) is 5.82 Å². The van der Waals surface area contributed by atoms with E-state index in [1.165, 1.54) is 4.90 Å². The fraction of sp³-hybridized carbons (Fsp3) is 0.320. The Morgan fingerprint density at radius 2 is 1.86 bits per heavy atom. The van der Waals surface area contributed by atoms with E-state index in [4.69, 9.17) is 29.9 Å². The number of nitrogens with zero attached hydrogens (tertiary/aromatic N) is 3. The summed E-state index contributed by atoms with van der Waals surface area (Å²) in [5.41, 5.74) is 9.83. The number of quaternary nitrogens is 1. The maximum atomic E-state index is 13.4. The second-order valence-corrected chi connectivity index (χ2v) is 8.39. The Labute approximate surface area is 202 Å². The minimum atomic E-state index is -0.287. The Bertz CT molecular complexity index is 1380. The average molecular weight is 478 g/mol. The number of hydrogen-bond donors (Lipinski definition) is 3. The number of nitrogens with one attached hydrogen (secondary N) is 2. The SMILES string of the molecule is COc1ccc(OC)c(-n2c(N)c(C(=O)NCC[NH+]3CCOCC3)c3nc4ccccc4nc32)c1. The molecule has 0 unspecified atom stereocenters. The number of aromatic nitrogens is 3. The van der Waals surface area contributed by atoms with Gasteiger partial charge in [-0.25, -0.2) is 9.97 Å². The molecule has 10 nitrogen and oxygen atoms in total. The third-order valence-electron chi connectivity index (χ3n) is 6.32. The van der Waals surface area contributed by atoms with Crippen LogP contribution in [-0.4, -0.2) is 74.1 Å². The zero-order valence-electron chi connectivity index (χ0n) is 19.8. The molecular formula is C25H29N6O4+. The van der Waals surface area contributed by atoms with Crippen molar-refractivity contribution in [3.05, 3.63) is 48.0 Å². The number of benzene rings is 2. The highest BCUT2D eigenvalue weighted by atomic mass is 16.5. The standard InChI is InChI=1S/C25H28N6O4/c1-33-16-7-8-20(34-2)19(15-16)31-23(26)21(25(32)27-9-10-30-11-13-35-14-12-30)22-24(31)29-18-6-4-3-5-17(18)28-22/h3-8,15H,9-14,26H2,1-2H3,(H,27,32)/p+1. The van der Waals surface area contributed by atoms with Gasteiger partial charge in [0.15, 0.2) is 5.65 Å². The maximum absolute atomic E-state index is 13.4. The number of nitrogens with two attached hydrogens (primary N) is 1. The van der Waals surface area contributed by atoms with Crippen LogP contribution >= 0.6 is 0 Å². The molecule has 0 aliphatic carbocycles. The molecule has 1 fully saturated rings. The Hall–Kier alpha value is -3.89. The van der Waals surface area contributed by atoms with E-state index in [0.29, 0.717) is 51.5 Å². The van der Waals surface area contributed by atoms with Crippen molar-refractivity contribution >= 4 is 33.9 Å². The average Bonchev–Trinajstić information content (AvgIpc) is 3.17. The summed E-state index contributed by atoms with van der Waals surface area (Å²) >= 11 is 0. The molecule has 1 amide bonds. The van der Waals surface area contributed by atoms with Gasteiger partial charge in [0.25, 0.3) is 5.91 Å². The van der Waals surface area contributed by atoms with Crippen molar-refractivity contribution in [3.63, 3.8) is 0 Å². The zero-order valence-corrected chi connectivity index (χ0v) is 19.8. The third kappa shape index (κ3) is 4.33. The van der Waals surface area contributed by atoms with Crippen LogP contribution in [0.15, 0.2) is 42.5 Å². The molecule has 0 radical (unpaired) electrons. The molecule has 4 aromatic rings. The van der Waals surface area contributed by atoms with Gasteiger partial charge in [-0.15, -0.1) is 0 Å². The summed E-state index contributed by atoms with van der Waals surface area (Å²) in [4.78, 5) is 24.4. The lowest BCUT2D eigenvalue weighted by atomic mass is 10.2. The molecule has 2 aromatic heterocycles. The third-order valence-corrected chi connectivity index (χ3v) is 6.32. The molecular weight excluding hydrogens is 448 g/mol. The van der Waals surface area contributed by atoms with Gasteiger partial charge in [0, 0.05) is 6.07 Å². The summed E-state index contributed by atoms with van der Waals surface area (Å²) in [5, 5.41) is 3.03. The van der Waals surface area contributed by atoms with Gasteiger partial charge in [-0.2, -0.15) is 0 Å². The number of fused-ring (bicyclic) bond motifs is 2. The van der Waals surface area contributed by atoms with Crippen LogP contribution in [0, 0.1) is 0 Å². The molecule has 1 saturated heterocycles. The molecule has 35 heavy (non-hydrogen) atoms. The number of ether oxygens (including phenoxy) is 3. The Balaban J connectivity index is 1.61. The van der Waals surface area contributed by atoms with Gasteiger partial charge in [0.2, 0.25) is 0 Å². The summed E-state index contributed by atoms with van der Waals surface area (Å²) < 4.78 is 18.1. The smallest absolute Gasteiger partial charge is 0.257 e. The van der Waals surface area contributed by atoms with Gasteiger partial charge in [0.1, 0.15) is 41.5 Å². The van der Waals surface area contributed by atoms with Crippen molar-refractivity contribution in [2.45, 2.75) is 0 Å². The number of rotatable bonds is 7. The number of amides is 1. The number of morpholine rings is 1. The summed E-state index contributed by atoms with van der Waals surface area (Å²) in [6.07, 6.45) is 0. The quantitative estimate of drug-likeness (QED) is 0.361. The number of methoxy groups -OCH3 is 2. The molecule has 182 valence electrons. The largest absolute Gasteiger partial charge is 0.497 e. The van der Waals surface area contributed by atoms with Crippen LogP contribution < -0.4 is 25.4 Å². The maximum Gasteiger partial charge on any atom is 0.257 e. The molecule has 5 rings (SSSR count). The van der Waals surface area contributed by atoms with Crippen LogP contribution in [-0.2, 0) is 4.74 Å². The first-order valence-electron chi connectivity index (χ1n) is 11.6. The minimum Gasteiger partial charge on any atom is -0.497 e. The van der Waals surface area contributed by atoms with E-state index in [1.807, 2.05) is 24.3 Å². The van der Waals surface area contributed by atoms with Crippen molar-refractivity contribution in [1.29, 1.82) is 0 Å².